The fourth-order valence-electron chi connectivity index (χ4n) is 2.65. The molecule has 20 heavy (non-hydrogen) atoms. The van der Waals surface area contributed by atoms with Crippen LogP contribution in [0.25, 0.3) is 33.1 Å². The molecule has 4 rings (SSSR count). The lowest BCUT2D eigenvalue weighted by Crippen LogP contribution is -1.78. The molecule has 0 aliphatic rings. The van der Waals surface area contributed by atoms with E-state index in [4.69, 9.17) is 4.42 Å². The Kier molecular flexibility index (Phi) is 2.36. The summed E-state index contributed by atoms with van der Waals surface area (Å²) in [4.78, 5) is 4.18. The molecule has 2 nitrogen and oxygen atoms in total. The number of aryl methyl sites for hydroxylation is 1. The third kappa shape index (κ3) is 1.62. The van der Waals surface area contributed by atoms with Gasteiger partial charge in [-0.2, -0.15) is 0 Å². The molecule has 0 aliphatic carbocycles. The van der Waals surface area contributed by atoms with E-state index in [9.17, 15) is 0 Å². The van der Waals surface area contributed by atoms with Crippen molar-refractivity contribution in [1.82, 2.24) is 4.98 Å². The van der Waals surface area contributed by atoms with Crippen molar-refractivity contribution in [3.63, 3.8) is 0 Å². The van der Waals surface area contributed by atoms with E-state index in [0.29, 0.717) is 0 Å². The van der Waals surface area contributed by atoms with E-state index in [1.165, 1.54) is 10.9 Å². The lowest BCUT2D eigenvalue weighted by molar-refractivity contribution is 0.666. The molecule has 0 saturated carbocycles. The SMILES string of the molecule is Cc1cccc2c1oc1ccc(-c3cccnc3)cc12. The van der Waals surface area contributed by atoms with Crippen LogP contribution in [-0.4, -0.2) is 4.98 Å². The maximum atomic E-state index is 5.96. The summed E-state index contributed by atoms with van der Waals surface area (Å²) in [6.45, 7) is 2.08. The summed E-state index contributed by atoms with van der Waals surface area (Å²) in [5.41, 5.74) is 5.36. The summed E-state index contributed by atoms with van der Waals surface area (Å²) in [5, 5.41) is 2.33. The van der Waals surface area contributed by atoms with Gasteiger partial charge in [0, 0.05) is 28.7 Å². The molecule has 0 fully saturated rings. The first-order chi connectivity index (χ1) is 9.83. The van der Waals surface area contributed by atoms with Gasteiger partial charge in [0.05, 0.1) is 0 Å². The third-order valence-electron chi connectivity index (χ3n) is 3.69. The van der Waals surface area contributed by atoms with Gasteiger partial charge in [0.1, 0.15) is 11.2 Å². The topological polar surface area (TPSA) is 26.0 Å². The Hall–Kier alpha value is -2.61. The molecule has 0 atom stereocenters. The number of hydrogen-bond donors (Lipinski definition) is 0. The molecule has 0 bridgehead atoms. The van der Waals surface area contributed by atoms with Gasteiger partial charge in [0.15, 0.2) is 0 Å². The molecule has 2 heterocycles. The van der Waals surface area contributed by atoms with Crippen molar-refractivity contribution in [2.75, 3.05) is 0 Å². The normalized spacial score (nSPS) is 11.2. The summed E-state index contributed by atoms with van der Waals surface area (Å²) < 4.78 is 5.96. The van der Waals surface area contributed by atoms with E-state index < -0.39 is 0 Å². The number of rotatable bonds is 1. The van der Waals surface area contributed by atoms with Gasteiger partial charge in [0.2, 0.25) is 0 Å². The smallest absolute Gasteiger partial charge is 0.138 e. The van der Waals surface area contributed by atoms with E-state index in [2.05, 4.69) is 48.3 Å². The summed E-state index contributed by atoms with van der Waals surface area (Å²) in [5.74, 6) is 0. The minimum atomic E-state index is 0.932. The highest BCUT2D eigenvalue weighted by Gasteiger charge is 2.09. The van der Waals surface area contributed by atoms with Crippen LogP contribution in [0, 0.1) is 6.92 Å². The van der Waals surface area contributed by atoms with E-state index >= 15 is 0 Å². The molecular weight excluding hydrogens is 246 g/mol. The zero-order chi connectivity index (χ0) is 13.5. The number of fused-ring (bicyclic) bond motifs is 3. The van der Waals surface area contributed by atoms with Gasteiger partial charge in [-0.05, 0) is 36.2 Å². The first-order valence-electron chi connectivity index (χ1n) is 6.65. The second kappa shape index (κ2) is 4.20. The molecule has 96 valence electrons. The highest BCUT2D eigenvalue weighted by molar-refractivity contribution is 6.07. The van der Waals surface area contributed by atoms with Gasteiger partial charge in [-0.15, -0.1) is 0 Å². The largest absolute Gasteiger partial charge is 0.456 e. The fourth-order valence-corrected chi connectivity index (χ4v) is 2.65. The van der Waals surface area contributed by atoms with Crippen LogP contribution < -0.4 is 0 Å². The first-order valence-corrected chi connectivity index (χ1v) is 6.65. The standard InChI is InChI=1S/C18H13NO/c1-12-4-2-6-15-16-10-13(14-5-3-9-19-11-14)7-8-17(16)20-18(12)15/h2-11H,1H3. The Balaban J connectivity index is 2.04. The quantitative estimate of drug-likeness (QED) is 0.483. The molecule has 0 radical (unpaired) electrons. The highest BCUT2D eigenvalue weighted by atomic mass is 16.3. The van der Waals surface area contributed by atoms with Gasteiger partial charge >= 0.3 is 0 Å². The summed E-state index contributed by atoms with van der Waals surface area (Å²) in [6, 6.07) is 16.6. The zero-order valence-corrected chi connectivity index (χ0v) is 11.1. The van der Waals surface area contributed by atoms with Crippen LogP contribution >= 0.6 is 0 Å². The summed E-state index contributed by atoms with van der Waals surface area (Å²) >= 11 is 0. The second-order valence-corrected chi connectivity index (χ2v) is 5.01. The number of pyridine rings is 1. The van der Waals surface area contributed by atoms with Gasteiger partial charge in [-0.3, -0.25) is 4.98 Å². The highest BCUT2D eigenvalue weighted by Crippen LogP contribution is 2.33. The predicted molar refractivity (Wildman–Crippen MR) is 81.7 cm³/mol. The van der Waals surface area contributed by atoms with Crippen LogP contribution in [0.3, 0.4) is 0 Å². The Bertz CT molecular complexity index is 907. The van der Waals surface area contributed by atoms with Crippen LogP contribution in [-0.2, 0) is 0 Å². The van der Waals surface area contributed by atoms with E-state index in [1.54, 1.807) is 6.20 Å². The van der Waals surface area contributed by atoms with Crippen LogP contribution in [0.15, 0.2) is 65.3 Å². The number of hydrogen-bond acceptors (Lipinski definition) is 2. The molecule has 2 aromatic heterocycles. The number of benzene rings is 2. The van der Waals surface area contributed by atoms with Crippen molar-refractivity contribution < 1.29 is 4.42 Å². The van der Waals surface area contributed by atoms with Crippen LogP contribution in [0.1, 0.15) is 5.56 Å². The number of para-hydroxylation sites is 1. The molecule has 0 N–H and O–H groups in total. The minimum Gasteiger partial charge on any atom is -0.456 e. The summed E-state index contributed by atoms with van der Waals surface area (Å²) in [6.07, 6.45) is 3.67. The van der Waals surface area contributed by atoms with Gasteiger partial charge in [-0.1, -0.05) is 30.3 Å². The molecule has 4 aromatic rings. The fraction of sp³-hybridized carbons (Fsp3) is 0.0556. The van der Waals surface area contributed by atoms with Gasteiger partial charge in [0.25, 0.3) is 0 Å². The Morgan fingerprint density at radius 3 is 2.70 bits per heavy atom. The van der Waals surface area contributed by atoms with Gasteiger partial charge < -0.3 is 4.42 Å². The molecule has 0 saturated heterocycles. The van der Waals surface area contributed by atoms with Crippen molar-refractivity contribution in [2.24, 2.45) is 0 Å². The lowest BCUT2D eigenvalue weighted by atomic mass is 10.0. The van der Waals surface area contributed by atoms with Crippen molar-refractivity contribution in [1.29, 1.82) is 0 Å². The van der Waals surface area contributed by atoms with Crippen LogP contribution in [0.4, 0.5) is 0 Å². The van der Waals surface area contributed by atoms with E-state index in [0.717, 1.165) is 27.7 Å². The molecule has 2 aromatic carbocycles. The first kappa shape index (κ1) is 11.2. The van der Waals surface area contributed by atoms with Crippen LogP contribution in [0.5, 0.6) is 0 Å². The monoisotopic (exact) mass is 259 g/mol. The number of nitrogens with zero attached hydrogens (tertiary/aromatic N) is 1. The molecule has 0 aliphatic heterocycles. The Morgan fingerprint density at radius 2 is 1.85 bits per heavy atom. The minimum absolute atomic E-state index is 0.932. The van der Waals surface area contributed by atoms with Crippen molar-refractivity contribution in [2.45, 2.75) is 6.92 Å². The molecule has 0 spiro atoms. The lowest BCUT2D eigenvalue weighted by Gasteiger charge is -2.00. The number of aromatic nitrogens is 1. The van der Waals surface area contributed by atoms with Gasteiger partial charge in [-0.25, -0.2) is 0 Å². The van der Waals surface area contributed by atoms with Crippen molar-refractivity contribution >= 4 is 21.9 Å². The Morgan fingerprint density at radius 1 is 0.900 bits per heavy atom. The van der Waals surface area contributed by atoms with E-state index in [1.807, 2.05) is 18.3 Å². The third-order valence-corrected chi connectivity index (χ3v) is 3.69. The summed E-state index contributed by atoms with van der Waals surface area (Å²) in [7, 11) is 0. The van der Waals surface area contributed by atoms with Crippen molar-refractivity contribution in [3.8, 4) is 11.1 Å². The molecule has 2 heteroatoms. The molecular formula is C18H13NO. The Labute approximate surface area is 116 Å². The predicted octanol–water partition coefficient (Wildman–Crippen LogP) is 4.96. The number of furan rings is 1. The average Bonchev–Trinajstić information content (AvgIpc) is 2.88. The zero-order valence-electron chi connectivity index (χ0n) is 11.1. The molecule has 0 unspecified atom stereocenters. The van der Waals surface area contributed by atoms with Crippen molar-refractivity contribution in [3.05, 3.63) is 66.5 Å². The second-order valence-electron chi connectivity index (χ2n) is 5.01. The van der Waals surface area contributed by atoms with E-state index in [-0.39, 0.29) is 0 Å². The average molecular weight is 259 g/mol. The maximum Gasteiger partial charge on any atom is 0.138 e. The molecule has 0 amide bonds. The maximum absolute atomic E-state index is 5.96. The van der Waals surface area contributed by atoms with Crippen LogP contribution in [0.2, 0.25) is 0 Å².